The van der Waals surface area contributed by atoms with Crippen molar-refractivity contribution in [3.63, 3.8) is 0 Å². The Kier molecular flexibility index (Phi) is 18.9. The number of hydrogen-bond donors (Lipinski definition) is 3. The summed E-state index contributed by atoms with van der Waals surface area (Å²) in [5, 5.41) is 8.79. The molecule has 0 bridgehead atoms. The average Bonchev–Trinajstić information content (AvgIpc) is 3.53. The van der Waals surface area contributed by atoms with Crippen LogP contribution in [-0.2, 0) is 6.54 Å². The van der Waals surface area contributed by atoms with Gasteiger partial charge in [0.05, 0.1) is 0 Å². The highest BCUT2D eigenvalue weighted by molar-refractivity contribution is 7.20. The quantitative estimate of drug-likeness (QED) is 0.0811. The molecule has 1 heterocycles. The predicted molar refractivity (Wildman–Crippen MR) is 237 cm³/mol. The number of amidine groups is 1. The van der Waals surface area contributed by atoms with E-state index < -0.39 is 0 Å². The van der Waals surface area contributed by atoms with Crippen molar-refractivity contribution in [1.82, 2.24) is 0 Å². The number of hydrogen-bond acceptors (Lipinski definition) is 3. The van der Waals surface area contributed by atoms with Gasteiger partial charge in [-0.2, -0.15) is 0 Å². The molecule has 4 heteroatoms. The lowest BCUT2D eigenvalue weighted by Gasteiger charge is -2.03. The van der Waals surface area contributed by atoms with E-state index in [1.807, 2.05) is 81.5 Å². The van der Waals surface area contributed by atoms with Gasteiger partial charge in [-0.3, -0.25) is 5.41 Å². The van der Waals surface area contributed by atoms with Crippen molar-refractivity contribution in [2.75, 3.05) is 0 Å². The number of allylic oxidation sites excluding steroid dienone is 7. The van der Waals surface area contributed by atoms with Gasteiger partial charge in [0.2, 0.25) is 0 Å². The monoisotopic (exact) mass is 705 g/mol. The second kappa shape index (κ2) is 23.0. The van der Waals surface area contributed by atoms with Crippen LogP contribution in [0, 0.1) is 12.3 Å². The average molecular weight is 706 g/mol. The highest BCUT2D eigenvalue weighted by Gasteiger charge is 2.14. The van der Waals surface area contributed by atoms with Gasteiger partial charge in [0.15, 0.2) is 0 Å². The number of nitrogens with two attached hydrogens (primary N) is 2. The van der Waals surface area contributed by atoms with Gasteiger partial charge in [-0.1, -0.05) is 176 Å². The smallest absolute Gasteiger partial charge is 0.123 e. The SMILES string of the molecule is C=C/C(C)=C\C=C(C)C.C=Cc1c(/C(=C\C)C(=N)N)sc2ccccc12.C=Cc1ccc(C)cc1/C=C\C.NCc1ccc(-c2ccccc2)cc1. The second-order valence-electron chi connectivity index (χ2n) is 12.1. The second-order valence-corrected chi connectivity index (χ2v) is 13.2. The Labute approximate surface area is 317 Å². The van der Waals surface area contributed by atoms with E-state index in [2.05, 4.69) is 125 Å². The van der Waals surface area contributed by atoms with E-state index in [-0.39, 0.29) is 5.84 Å². The predicted octanol–water partition coefficient (Wildman–Crippen LogP) is 13.5. The first-order chi connectivity index (χ1) is 25.0. The molecule has 0 aliphatic rings. The fourth-order valence-corrected chi connectivity index (χ4v) is 6.21. The Morgan fingerprint density at radius 2 is 1.40 bits per heavy atom. The van der Waals surface area contributed by atoms with Gasteiger partial charge in [0.25, 0.3) is 0 Å². The van der Waals surface area contributed by atoms with Crippen LogP contribution < -0.4 is 11.5 Å². The first-order valence-electron chi connectivity index (χ1n) is 17.3. The lowest BCUT2D eigenvalue weighted by Crippen LogP contribution is -2.11. The highest BCUT2D eigenvalue weighted by atomic mass is 32.1. The molecule has 0 unspecified atom stereocenters. The maximum absolute atomic E-state index is 7.62. The summed E-state index contributed by atoms with van der Waals surface area (Å²) in [5.74, 6) is 0.0992. The van der Waals surface area contributed by atoms with Gasteiger partial charge in [-0.05, 0) is 75.4 Å². The molecule has 3 nitrogen and oxygen atoms in total. The molecule has 0 saturated heterocycles. The Hall–Kier alpha value is -5.55. The van der Waals surface area contributed by atoms with Crippen LogP contribution in [0.2, 0.25) is 0 Å². The zero-order valence-corrected chi connectivity index (χ0v) is 32.6. The van der Waals surface area contributed by atoms with Crippen molar-refractivity contribution in [2.45, 2.75) is 48.1 Å². The molecule has 5 aromatic rings. The Balaban J connectivity index is 0.000000246. The topological polar surface area (TPSA) is 75.9 Å². The van der Waals surface area contributed by atoms with Crippen molar-refractivity contribution < 1.29 is 0 Å². The molecule has 0 atom stereocenters. The molecule has 5 N–H and O–H groups in total. The van der Waals surface area contributed by atoms with Gasteiger partial charge in [0, 0.05) is 32.6 Å². The molecular formula is C48H55N3S. The number of rotatable bonds is 9. The summed E-state index contributed by atoms with van der Waals surface area (Å²) in [4.78, 5) is 1.02. The van der Waals surface area contributed by atoms with E-state index in [4.69, 9.17) is 16.9 Å². The van der Waals surface area contributed by atoms with Gasteiger partial charge < -0.3 is 11.5 Å². The summed E-state index contributed by atoms with van der Waals surface area (Å²) < 4.78 is 1.19. The van der Waals surface area contributed by atoms with Crippen LogP contribution in [0.1, 0.15) is 67.3 Å². The van der Waals surface area contributed by atoms with E-state index in [9.17, 15) is 0 Å². The molecule has 0 spiro atoms. The largest absolute Gasteiger partial charge is 0.384 e. The Morgan fingerprint density at radius 3 is 1.94 bits per heavy atom. The number of benzene rings is 4. The van der Waals surface area contributed by atoms with E-state index in [1.165, 1.54) is 54.6 Å². The van der Waals surface area contributed by atoms with Gasteiger partial charge in [-0.25, -0.2) is 0 Å². The van der Waals surface area contributed by atoms with Gasteiger partial charge in [0.1, 0.15) is 5.84 Å². The Bertz CT molecular complexity index is 2030. The first kappa shape index (κ1) is 42.6. The van der Waals surface area contributed by atoms with Gasteiger partial charge >= 0.3 is 0 Å². The third-order valence-corrected chi connectivity index (χ3v) is 8.99. The summed E-state index contributed by atoms with van der Waals surface area (Å²) in [6, 6.07) is 33.2. The van der Waals surface area contributed by atoms with E-state index in [0.717, 1.165) is 16.0 Å². The van der Waals surface area contributed by atoms with E-state index >= 15 is 0 Å². The fraction of sp³-hybridized carbons (Fsp3) is 0.146. The summed E-state index contributed by atoms with van der Waals surface area (Å²) in [5.41, 5.74) is 22.9. The normalized spacial score (nSPS) is 10.8. The van der Waals surface area contributed by atoms with Gasteiger partial charge in [-0.15, -0.1) is 11.3 Å². The van der Waals surface area contributed by atoms with Crippen LogP contribution >= 0.6 is 11.3 Å². The molecule has 0 fully saturated rings. The lowest BCUT2D eigenvalue weighted by atomic mass is 10.0. The first-order valence-corrected chi connectivity index (χ1v) is 18.1. The van der Waals surface area contributed by atoms with Crippen LogP contribution in [0.4, 0.5) is 0 Å². The highest BCUT2D eigenvalue weighted by Crippen LogP contribution is 2.36. The molecule has 0 saturated carbocycles. The van der Waals surface area contributed by atoms with Crippen LogP contribution in [0.3, 0.4) is 0 Å². The minimum Gasteiger partial charge on any atom is -0.384 e. The van der Waals surface area contributed by atoms with Crippen molar-refractivity contribution in [3.05, 3.63) is 191 Å². The van der Waals surface area contributed by atoms with Crippen molar-refractivity contribution in [2.24, 2.45) is 11.5 Å². The van der Waals surface area contributed by atoms with Crippen molar-refractivity contribution in [3.8, 4) is 11.1 Å². The number of aryl methyl sites for hydroxylation is 1. The maximum Gasteiger partial charge on any atom is 0.123 e. The third kappa shape index (κ3) is 13.6. The molecule has 5 rings (SSSR count). The Morgan fingerprint density at radius 1 is 0.769 bits per heavy atom. The molecule has 0 amide bonds. The molecule has 0 radical (unpaired) electrons. The minimum absolute atomic E-state index is 0.0992. The standard InChI is InChI=1S/C14H14N2S.C13H13N.C12H14.C9H14/c1-3-9-11-7-5-6-8-12(11)17-13(9)10(4-2)14(15)16;14-10-11-6-8-13(9-7-11)12-4-2-1-3-5-12;1-4-6-12-9-10(3)7-8-11(12)5-2;1-5-9(4)7-6-8(2)3/h3-8H,1H2,2H3,(H3,15,16);1-9H,10,14H2;4-9H,2H2,1,3H3;5-7H,1H2,2-4H3/b10-4+;;6-4-;9-7-. The molecule has 0 aliphatic carbocycles. The lowest BCUT2D eigenvalue weighted by molar-refractivity contribution is 1.07. The third-order valence-electron chi connectivity index (χ3n) is 7.77. The van der Waals surface area contributed by atoms with Crippen molar-refractivity contribution in [1.29, 1.82) is 5.41 Å². The zero-order chi connectivity index (χ0) is 38.5. The molecule has 1 aromatic heterocycles. The number of fused-ring (bicyclic) bond motifs is 1. The van der Waals surface area contributed by atoms with Crippen LogP contribution in [0.5, 0.6) is 0 Å². The van der Waals surface area contributed by atoms with Crippen LogP contribution in [0.25, 0.3) is 45.0 Å². The summed E-state index contributed by atoms with van der Waals surface area (Å²) in [6.07, 6.45) is 15.7. The molecule has 52 heavy (non-hydrogen) atoms. The summed E-state index contributed by atoms with van der Waals surface area (Å²) >= 11 is 1.65. The summed E-state index contributed by atoms with van der Waals surface area (Å²) in [7, 11) is 0. The molecule has 268 valence electrons. The van der Waals surface area contributed by atoms with Crippen molar-refractivity contribution >= 4 is 51.1 Å². The molecule has 0 aliphatic heterocycles. The zero-order valence-electron chi connectivity index (χ0n) is 31.7. The number of thiophene rings is 1. The van der Waals surface area contributed by atoms with E-state index in [1.54, 1.807) is 11.3 Å². The van der Waals surface area contributed by atoms with Crippen LogP contribution in [0.15, 0.2) is 158 Å². The molecule has 4 aromatic carbocycles. The number of nitrogens with one attached hydrogen (secondary N) is 1. The van der Waals surface area contributed by atoms with E-state index in [0.29, 0.717) is 6.54 Å². The summed E-state index contributed by atoms with van der Waals surface area (Å²) in [6.45, 7) is 24.1. The maximum atomic E-state index is 7.62. The molecular weight excluding hydrogens is 651 g/mol. The minimum atomic E-state index is 0.0992. The fourth-order valence-electron chi connectivity index (χ4n) is 4.91. The van der Waals surface area contributed by atoms with Crippen LogP contribution in [-0.4, -0.2) is 5.84 Å².